The highest BCUT2D eigenvalue weighted by molar-refractivity contribution is 5.83. The van der Waals surface area contributed by atoms with Crippen molar-refractivity contribution in [2.75, 3.05) is 0 Å². The minimum atomic E-state index is 0.396. The van der Waals surface area contributed by atoms with Crippen molar-refractivity contribution in [2.24, 2.45) is 11.7 Å². The SMILES string of the molecule is CCc1ccc2[nH]cc(CC3CCCCC3N)c2c1. The average molecular weight is 256 g/mol. The van der Waals surface area contributed by atoms with E-state index in [0.29, 0.717) is 12.0 Å². The van der Waals surface area contributed by atoms with Crippen LogP contribution in [0, 0.1) is 5.92 Å². The smallest absolute Gasteiger partial charge is 0.0456 e. The van der Waals surface area contributed by atoms with E-state index in [1.165, 1.54) is 47.7 Å². The van der Waals surface area contributed by atoms with E-state index in [2.05, 4.69) is 36.3 Å². The summed E-state index contributed by atoms with van der Waals surface area (Å²) in [6.45, 7) is 2.21. The van der Waals surface area contributed by atoms with Crippen LogP contribution in [0.15, 0.2) is 24.4 Å². The number of aryl methyl sites for hydroxylation is 1. The van der Waals surface area contributed by atoms with Crippen molar-refractivity contribution in [1.29, 1.82) is 0 Å². The van der Waals surface area contributed by atoms with E-state index in [4.69, 9.17) is 5.73 Å². The van der Waals surface area contributed by atoms with E-state index in [9.17, 15) is 0 Å². The van der Waals surface area contributed by atoms with Crippen molar-refractivity contribution in [3.8, 4) is 0 Å². The largest absolute Gasteiger partial charge is 0.361 e. The Balaban J connectivity index is 1.87. The van der Waals surface area contributed by atoms with Crippen LogP contribution in [0.5, 0.6) is 0 Å². The van der Waals surface area contributed by atoms with Crippen molar-refractivity contribution in [3.05, 3.63) is 35.5 Å². The highest BCUT2D eigenvalue weighted by Crippen LogP contribution is 2.29. The molecule has 2 heteroatoms. The number of hydrogen-bond donors (Lipinski definition) is 2. The highest BCUT2D eigenvalue weighted by atomic mass is 14.7. The second-order valence-electron chi connectivity index (χ2n) is 5.96. The number of H-pyrrole nitrogens is 1. The van der Waals surface area contributed by atoms with Gasteiger partial charge >= 0.3 is 0 Å². The highest BCUT2D eigenvalue weighted by Gasteiger charge is 2.22. The maximum atomic E-state index is 6.29. The van der Waals surface area contributed by atoms with Crippen LogP contribution in [0.3, 0.4) is 0 Å². The van der Waals surface area contributed by atoms with Gasteiger partial charge < -0.3 is 10.7 Å². The number of nitrogens with one attached hydrogen (secondary N) is 1. The molecule has 102 valence electrons. The lowest BCUT2D eigenvalue weighted by Gasteiger charge is -2.28. The number of aromatic nitrogens is 1. The van der Waals surface area contributed by atoms with Crippen LogP contribution in [0.25, 0.3) is 10.9 Å². The second kappa shape index (κ2) is 5.38. The summed E-state index contributed by atoms with van der Waals surface area (Å²) in [4.78, 5) is 3.40. The molecule has 0 radical (unpaired) electrons. The third kappa shape index (κ3) is 2.55. The van der Waals surface area contributed by atoms with Crippen LogP contribution < -0.4 is 5.73 Å². The fourth-order valence-corrected chi connectivity index (χ4v) is 3.39. The minimum absolute atomic E-state index is 0.396. The Morgan fingerprint density at radius 3 is 2.89 bits per heavy atom. The molecule has 0 amide bonds. The van der Waals surface area contributed by atoms with Crippen LogP contribution in [0.2, 0.25) is 0 Å². The third-order valence-electron chi connectivity index (χ3n) is 4.69. The monoisotopic (exact) mass is 256 g/mol. The molecule has 2 atom stereocenters. The van der Waals surface area contributed by atoms with Gasteiger partial charge in [0.25, 0.3) is 0 Å². The van der Waals surface area contributed by atoms with E-state index in [-0.39, 0.29) is 0 Å². The van der Waals surface area contributed by atoms with Crippen LogP contribution in [0.4, 0.5) is 0 Å². The van der Waals surface area contributed by atoms with Gasteiger partial charge in [0.1, 0.15) is 0 Å². The first-order chi connectivity index (χ1) is 9.28. The Morgan fingerprint density at radius 2 is 2.11 bits per heavy atom. The summed E-state index contributed by atoms with van der Waals surface area (Å²) < 4.78 is 0. The molecule has 1 aliphatic rings. The van der Waals surface area contributed by atoms with E-state index in [1.807, 2.05) is 0 Å². The van der Waals surface area contributed by atoms with Gasteiger partial charge in [0.2, 0.25) is 0 Å². The van der Waals surface area contributed by atoms with Gasteiger partial charge in [-0.15, -0.1) is 0 Å². The summed E-state index contributed by atoms with van der Waals surface area (Å²) in [5.41, 5.74) is 10.4. The lowest BCUT2D eigenvalue weighted by molar-refractivity contribution is 0.307. The molecule has 0 saturated heterocycles. The standard InChI is InChI=1S/C17H24N2/c1-2-12-7-8-17-15(9-12)14(11-19-17)10-13-5-3-4-6-16(13)18/h7-9,11,13,16,19H,2-6,10,18H2,1H3. The molecule has 1 aromatic heterocycles. The lowest BCUT2D eigenvalue weighted by atomic mass is 9.81. The molecule has 1 heterocycles. The maximum Gasteiger partial charge on any atom is 0.0456 e. The van der Waals surface area contributed by atoms with Crippen LogP contribution in [-0.2, 0) is 12.8 Å². The van der Waals surface area contributed by atoms with Gasteiger partial charge in [0.15, 0.2) is 0 Å². The van der Waals surface area contributed by atoms with Crippen LogP contribution in [0.1, 0.15) is 43.7 Å². The number of fused-ring (bicyclic) bond motifs is 1. The molecular weight excluding hydrogens is 232 g/mol. The summed E-state index contributed by atoms with van der Waals surface area (Å²) in [6, 6.07) is 7.16. The Kier molecular flexibility index (Phi) is 3.61. The maximum absolute atomic E-state index is 6.29. The molecule has 0 bridgehead atoms. The molecule has 2 unspecified atom stereocenters. The van der Waals surface area contributed by atoms with Gasteiger partial charge in [-0.1, -0.05) is 25.8 Å². The van der Waals surface area contributed by atoms with E-state index in [1.54, 1.807) is 0 Å². The number of nitrogens with two attached hydrogens (primary N) is 1. The number of rotatable bonds is 3. The van der Waals surface area contributed by atoms with Crippen molar-refractivity contribution in [1.82, 2.24) is 4.98 Å². The molecular formula is C17H24N2. The molecule has 1 fully saturated rings. The first kappa shape index (κ1) is 12.7. The predicted octanol–water partition coefficient (Wildman–Crippen LogP) is 3.79. The topological polar surface area (TPSA) is 41.8 Å². The summed E-state index contributed by atoms with van der Waals surface area (Å²) in [5.74, 6) is 0.665. The Hall–Kier alpha value is -1.28. The van der Waals surface area contributed by atoms with E-state index < -0.39 is 0 Å². The molecule has 1 aliphatic carbocycles. The Bertz CT molecular complexity index is 555. The Morgan fingerprint density at radius 1 is 1.26 bits per heavy atom. The molecule has 19 heavy (non-hydrogen) atoms. The summed E-state index contributed by atoms with van der Waals surface area (Å²) >= 11 is 0. The summed E-state index contributed by atoms with van der Waals surface area (Å²) in [7, 11) is 0. The quantitative estimate of drug-likeness (QED) is 0.862. The summed E-state index contributed by atoms with van der Waals surface area (Å²) in [6.07, 6.45) is 9.57. The molecule has 1 aromatic carbocycles. The number of hydrogen-bond acceptors (Lipinski definition) is 1. The molecule has 1 saturated carbocycles. The first-order valence-electron chi connectivity index (χ1n) is 7.62. The summed E-state index contributed by atoms with van der Waals surface area (Å²) in [5, 5.41) is 1.40. The molecule has 2 nitrogen and oxygen atoms in total. The molecule has 0 spiro atoms. The predicted molar refractivity (Wildman–Crippen MR) is 81.3 cm³/mol. The van der Waals surface area contributed by atoms with Gasteiger partial charge in [0.05, 0.1) is 0 Å². The van der Waals surface area contributed by atoms with Crippen LogP contribution >= 0.6 is 0 Å². The normalized spacial score (nSPS) is 23.9. The van der Waals surface area contributed by atoms with E-state index in [0.717, 1.165) is 12.8 Å². The first-order valence-corrected chi connectivity index (χ1v) is 7.62. The fourth-order valence-electron chi connectivity index (χ4n) is 3.39. The Labute approximate surface area is 115 Å². The lowest BCUT2D eigenvalue weighted by Crippen LogP contribution is -2.34. The second-order valence-corrected chi connectivity index (χ2v) is 5.96. The molecule has 0 aliphatic heterocycles. The van der Waals surface area contributed by atoms with Gasteiger partial charge in [-0.3, -0.25) is 0 Å². The molecule has 3 N–H and O–H groups in total. The van der Waals surface area contributed by atoms with Crippen molar-refractivity contribution in [2.45, 2.75) is 51.5 Å². The van der Waals surface area contributed by atoms with Crippen molar-refractivity contribution < 1.29 is 0 Å². The zero-order valence-electron chi connectivity index (χ0n) is 11.8. The number of aromatic amines is 1. The zero-order chi connectivity index (χ0) is 13.2. The fraction of sp³-hybridized carbons (Fsp3) is 0.529. The van der Waals surface area contributed by atoms with Crippen molar-refractivity contribution in [3.63, 3.8) is 0 Å². The molecule has 2 aromatic rings. The third-order valence-corrected chi connectivity index (χ3v) is 4.69. The average Bonchev–Trinajstić information content (AvgIpc) is 2.84. The molecule has 3 rings (SSSR count). The van der Waals surface area contributed by atoms with Gasteiger partial charge in [-0.2, -0.15) is 0 Å². The van der Waals surface area contributed by atoms with Gasteiger partial charge in [0, 0.05) is 23.1 Å². The minimum Gasteiger partial charge on any atom is -0.361 e. The van der Waals surface area contributed by atoms with E-state index >= 15 is 0 Å². The zero-order valence-corrected chi connectivity index (χ0v) is 11.8. The van der Waals surface area contributed by atoms with Crippen LogP contribution in [-0.4, -0.2) is 11.0 Å². The van der Waals surface area contributed by atoms with Gasteiger partial charge in [-0.25, -0.2) is 0 Å². The van der Waals surface area contributed by atoms with Crippen molar-refractivity contribution >= 4 is 10.9 Å². The number of benzene rings is 1. The van der Waals surface area contributed by atoms with Gasteiger partial charge in [-0.05, 0) is 54.9 Å².